The summed E-state index contributed by atoms with van der Waals surface area (Å²) in [5, 5.41) is 6.27. The van der Waals surface area contributed by atoms with Gasteiger partial charge < -0.3 is 25.1 Å². The lowest BCUT2D eigenvalue weighted by atomic mass is 10.1. The summed E-state index contributed by atoms with van der Waals surface area (Å²) in [5.41, 5.74) is 2.70. The third-order valence-corrected chi connectivity index (χ3v) is 4.47. The van der Waals surface area contributed by atoms with E-state index in [4.69, 9.17) is 9.47 Å². The molecule has 7 heteroatoms. The molecule has 2 aromatic carbocycles. The number of rotatable bonds is 4. The van der Waals surface area contributed by atoms with Crippen molar-refractivity contribution >= 4 is 34.5 Å². The lowest BCUT2D eigenvalue weighted by molar-refractivity contribution is 0.101. The number of anilines is 1. The Morgan fingerprint density at radius 1 is 1.25 bits per heavy atom. The highest BCUT2D eigenvalue weighted by molar-refractivity contribution is 6.15. The molecular weight excluding hydrogens is 358 g/mol. The molecule has 1 aliphatic heterocycles. The predicted octanol–water partition coefficient (Wildman–Crippen LogP) is 3.93. The van der Waals surface area contributed by atoms with Gasteiger partial charge in [0.2, 0.25) is 5.78 Å². The maximum absolute atomic E-state index is 12.8. The Morgan fingerprint density at radius 2 is 2.11 bits per heavy atom. The highest BCUT2D eigenvalue weighted by Gasteiger charge is 2.28. The molecule has 0 bridgehead atoms. The monoisotopic (exact) mass is 377 g/mol. The molecule has 1 aliphatic rings. The molecule has 0 aliphatic carbocycles. The van der Waals surface area contributed by atoms with Crippen LogP contribution in [0.5, 0.6) is 11.5 Å². The normalized spacial score (nSPS) is 14.1. The minimum atomic E-state index is -0.322. The van der Waals surface area contributed by atoms with Crippen LogP contribution in [0.15, 0.2) is 48.4 Å². The Hall–Kier alpha value is -3.74. The number of ether oxygens (including phenoxy) is 2. The third kappa shape index (κ3) is 3.18. The molecule has 0 atom stereocenters. The number of hydrogen-bond acceptors (Lipinski definition) is 4. The van der Waals surface area contributed by atoms with Crippen molar-refractivity contribution in [2.75, 3.05) is 19.0 Å². The van der Waals surface area contributed by atoms with Gasteiger partial charge in [-0.25, -0.2) is 4.79 Å². The van der Waals surface area contributed by atoms with Gasteiger partial charge in [0.05, 0.1) is 12.7 Å². The molecule has 3 aromatic rings. The van der Waals surface area contributed by atoms with Crippen LogP contribution < -0.4 is 20.1 Å². The maximum Gasteiger partial charge on any atom is 0.319 e. The maximum atomic E-state index is 12.8. The molecule has 0 fully saturated rings. The number of Topliss-reactive ketones (excluding diaryl/α,β-unsaturated/α-hetero) is 1. The molecule has 28 heavy (non-hydrogen) atoms. The summed E-state index contributed by atoms with van der Waals surface area (Å²) in [5.74, 6) is 1.20. The predicted molar refractivity (Wildman–Crippen MR) is 107 cm³/mol. The molecule has 0 unspecified atom stereocenters. The minimum Gasteiger partial charge on any atom is -0.497 e. The zero-order chi connectivity index (χ0) is 19.7. The molecule has 2 heterocycles. The summed E-state index contributed by atoms with van der Waals surface area (Å²) in [7, 11) is 1.61. The average molecular weight is 377 g/mol. The number of nitrogens with one attached hydrogen (secondary N) is 3. The second-order valence-electron chi connectivity index (χ2n) is 6.29. The van der Waals surface area contributed by atoms with E-state index in [2.05, 4.69) is 15.6 Å². The van der Waals surface area contributed by atoms with Gasteiger partial charge in [-0.3, -0.25) is 4.79 Å². The quantitative estimate of drug-likeness (QED) is 0.601. The van der Waals surface area contributed by atoms with E-state index >= 15 is 0 Å². The lowest BCUT2D eigenvalue weighted by Crippen LogP contribution is -2.28. The highest BCUT2D eigenvalue weighted by Crippen LogP contribution is 2.35. The number of carbonyl (C=O) groups is 2. The molecule has 2 amide bonds. The van der Waals surface area contributed by atoms with Crippen molar-refractivity contribution in [2.45, 2.75) is 6.92 Å². The zero-order valence-electron chi connectivity index (χ0n) is 15.5. The molecule has 4 rings (SSSR count). The van der Waals surface area contributed by atoms with E-state index in [1.807, 2.05) is 31.3 Å². The fraction of sp³-hybridized carbons (Fsp3) is 0.143. The zero-order valence-corrected chi connectivity index (χ0v) is 15.5. The first-order chi connectivity index (χ1) is 13.6. The van der Waals surface area contributed by atoms with E-state index in [0.717, 1.165) is 22.2 Å². The van der Waals surface area contributed by atoms with Crippen molar-refractivity contribution in [1.29, 1.82) is 0 Å². The van der Waals surface area contributed by atoms with Gasteiger partial charge in [0.1, 0.15) is 11.5 Å². The molecule has 0 radical (unpaired) electrons. The van der Waals surface area contributed by atoms with E-state index < -0.39 is 0 Å². The third-order valence-electron chi connectivity index (χ3n) is 4.47. The second kappa shape index (κ2) is 7.11. The number of urea groups is 1. The first-order valence-electron chi connectivity index (χ1n) is 8.87. The first-order valence-corrected chi connectivity index (χ1v) is 8.87. The Labute approximate surface area is 161 Å². The smallest absolute Gasteiger partial charge is 0.319 e. The van der Waals surface area contributed by atoms with Gasteiger partial charge in [0.15, 0.2) is 5.76 Å². The Kier molecular flexibility index (Phi) is 4.49. The van der Waals surface area contributed by atoms with E-state index in [9.17, 15) is 9.59 Å². The van der Waals surface area contributed by atoms with Crippen LogP contribution in [-0.2, 0) is 0 Å². The van der Waals surface area contributed by atoms with Crippen molar-refractivity contribution in [3.8, 4) is 11.5 Å². The summed E-state index contributed by atoms with van der Waals surface area (Å²) < 4.78 is 11.0. The fourth-order valence-electron chi connectivity index (χ4n) is 3.11. The minimum absolute atomic E-state index is 0.230. The van der Waals surface area contributed by atoms with Gasteiger partial charge in [0, 0.05) is 34.9 Å². The number of aromatic nitrogens is 1. The van der Waals surface area contributed by atoms with Crippen LogP contribution in [-0.4, -0.2) is 30.5 Å². The molecular formula is C21H19N3O4. The largest absolute Gasteiger partial charge is 0.497 e. The molecule has 7 nitrogen and oxygen atoms in total. The summed E-state index contributed by atoms with van der Waals surface area (Å²) in [4.78, 5) is 27.6. The first kappa shape index (κ1) is 17.7. The van der Waals surface area contributed by atoms with Crippen LogP contribution in [0.3, 0.4) is 0 Å². The van der Waals surface area contributed by atoms with Crippen molar-refractivity contribution in [1.82, 2.24) is 10.3 Å². The number of ketones is 1. The number of aromatic amines is 1. The van der Waals surface area contributed by atoms with E-state index in [0.29, 0.717) is 23.5 Å². The number of methoxy groups -OCH3 is 1. The Bertz CT molecular complexity index is 1110. The van der Waals surface area contributed by atoms with Crippen molar-refractivity contribution < 1.29 is 19.1 Å². The molecule has 1 aromatic heterocycles. The van der Waals surface area contributed by atoms with Gasteiger partial charge in [0.25, 0.3) is 0 Å². The number of H-pyrrole nitrogens is 1. The van der Waals surface area contributed by atoms with Crippen LogP contribution in [0.4, 0.5) is 10.5 Å². The Balaban J connectivity index is 1.63. The molecule has 0 saturated heterocycles. The number of carbonyl (C=O) groups excluding carboxylic acids is 2. The van der Waals surface area contributed by atoms with Crippen LogP contribution in [0.1, 0.15) is 22.8 Å². The van der Waals surface area contributed by atoms with Crippen LogP contribution in [0.25, 0.3) is 17.0 Å². The van der Waals surface area contributed by atoms with Gasteiger partial charge in [-0.2, -0.15) is 0 Å². The standard InChI is InChI=1S/C21H19N3O4/c1-3-22-21(26)24-13-4-7-18-16(9-13)20(25)19(28-18)8-12-11-23-17-6-5-14(27-2)10-15(12)17/h4-11,23H,3H2,1-2H3,(H2,22,24,26)/b19-8-. The van der Waals surface area contributed by atoms with Crippen molar-refractivity contribution in [2.24, 2.45) is 0 Å². The molecule has 3 N–H and O–H groups in total. The number of allylic oxidation sites excluding steroid dienone is 1. The molecule has 0 spiro atoms. The number of fused-ring (bicyclic) bond motifs is 2. The SMILES string of the molecule is CCNC(=O)Nc1ccc2c(c1)C(=O)/C(=C/c1c[nH]c3ccc(OC)cc13)O2. The van der Waals surface area contributed by atoms with Gasteiger partial charge >= 0.3 is 6.03 Å². The number of amides is 2. The topological polar surface area (TPSA) is 92.5 Å². The Morgan fingerprint density at radius 3 is 2.89 bits per heavy atom. The van der Waals surface area contributed by atoms with E-state index in [1.54, 1.807) is 31.4 Å². The lowest BCUT2D eigenvalue weighted by Gasteiger charge is -2.06. The summed E-state index contributed by atoms with van der Waals surface area (Å²) in [6.45, 7) is 2.35. The van der Waals surface area contributed by atoms with Crippen molar-refractivity contribution in [3.63, 3.8) is 0 Å². The van der Waals surface area contributed by atoms with Gasteiger partial charge in [-0.15, -0.1) is 0 Å². The number of hydrogen-bond donors (Lipinski definition) is 3. The van der Waals surface area contributed by atoms with Crippen LogP contribution in [0.2, 0.25) is 0 Å². The van der Waals surface area contributed by atoms with Crippen LogP contribution >= 0.6 is 0 Å². The molecule has 142 valence electrons. The van der Waals surface area contributed by atoms with E-state index in [-0.39, 0.29) is 17.6 Å². The fourth-order valence-corrected chi connectivity index (χ4v) is 3.11. The summed E-state index contributed by atoms with van der Waals surface area (Å²) in [6, 6.07) is 10.4. The summed E-state index contributed by atoms with van der Waals surface area (Å²) in [6.07, 6.45) is 3.52. The van der Waals surface area contributed by atoms with Crippen molar-refractivity contribution in [3.05, 3.63) is 59.5 Å². The molecule has 0 saturated carbocycles. The van der Waals surface area contributed by atoms with Gasteiger partial charge in [-0.1, -0.05) is 0 Å². The number of benzene rings is 2. The average Bonchev–Trinajstić information content (AvgIpc) is 3.23. The van der Waals surface area contributed by atoms with E-state index in [1.165, 1.54) is 0 Å². The summed E-state index contributed by atoms with van der Waals surface area (Å²) >= 11 is 0. The highest BCUT2D eigenvalue weighted by atomic mass is 16.5. The van der Waals surface area contributed by atoms with Crippen LogP contribution in [0, 0.1) is 0 Å². The second-order valence-corrected chi connectivity index (χ2v) is 6.29. The van der Waals surface area contributed by atoms with Gasteiger partial charge in [-0.05, 0) is 49.4 Å².